The lowest BCUT2D eigenvalue weighted by Crippen LogP contribution is -2.34. The summed E-state index contributed by atoms with van der Waals surface area (Å²) in [5.41, 5.74) is 0.131. The van der Waals surface area contributed by atoms with Gasteiger partial charge < -0.3 is 20.9 Å². The molecule has 0 aliphatic carbocycles. The lowest BCUT2D eigenvalue weighted by atomic mass is 10.1. The monoisotopic (exact) mass is 410 g/mol. The van der Waals surface area contributed by atoms with Gasteiger partial charge in [-0.3, -0.25) is 4.79 Å². The minimum absolute atomic E-state index is 0.0686. The number of nitrogens with one attached hydrogen (secondary N) is 3. The Morgan fingerprint density at radius 3 is 2.32 bits per heavy atom. The fraction of sp³-hybridized carbons (Fsp3) is 0.263. The van der Waals surface area contributed by atoms with Crippen LogP contribution in [0.5, 0.6) is 0 Å². The topological polar surface area (TPSA) is 56.4 Å². The number of halogens is 3. The fourth-order valence-corrected chi connectivity index (χ4v) is 2.50. The predicted octanol–water partition coefficient (Wildman–Crippen LogP) is 3.81. The fourth-order valence-electron chi connectivity index (χ4n) is 2.28. The van der Waals surface area contributed by atoms with Gasteiger partial charge in [-0.05, 0) is 62.7 Å². The average molecular weight is 410 g/mol. The van der Waals surface area contributed by atoms with Crippen molar-refractivity contribution in [1.82, 2.24) is 10.2 Å². The van der Waals surface area contributed by atoms with Gasteiger partial charge in [0.1, 0.15) is 0 Å². The molecule has 0 aliphatic heterocycles. The summed E-state index contributed by atoms with van der Waals surface area (Å²) in [7, 11) is 3.90. The first-order chi connectivity index (χ1) is 13.1. The van der Waals surface area contributed by atoms with Gasteiger partial charge in [0.15, 0.2) is 5.11 Å². The average Bonchev–Trinajstić information content (AvgIpc) is 2.61. The smallest absolute Gasteiger partial charge is 0.361 e. The standard InChI is InChI=1S/C19H21F3N4OS/c1-26(2)10-9-23-18(28)25-15-7-3-5-13(11-15)17(27)24-16-8-4-6-14(12-16)19(20,21)22/h3-8,11-12H,9-10H2,1-2H3,(H,24,27)(H2,23,25,28). The molecular weight excluding hydrogens is 389 g/mol. The summed E-state index contributed by atoms with van der Waals surface area (Å²) in [6.07, 6.45) is -4.47. The summed E-state index contributed by atoms with van der Waals surface area (Å²) >= 11 is 5.20. The first-order valence-electron chi connectivity index (χ1n) is 8.43. The molecule has 0 saturated heterocycles. The molecule has 0 spiro atoms. The van der Waals surface area contributed by atoms with Crippen LogP contribution in [0, 0.1) is 0 Å². The molecule has 5 nitrogen and oxygen atoms in total. The molecule has 0 unspecified atom stereocenters. The molecule has 2 rings (SSSR count). The van der Waals surface area contributed by atoms with Gasteiger partial charge in [-0.1, -0.05) is 12.1 Å². The molecular formula is C19H21F3N4OS. The van der Waals surface area contributed by atoms with Gasteiger partial charge in [0, 0.05) is 30.0 Å². The van der Waals surface area contributed by atoms with Gasteiger partial charge in [-0.2, -0.15) is 13.2 Å². The van der Waals surface area contributed by atoms with Crippen molar-refractivity contribution in [1.29, 1.82) is 0 Å². The Kier molecular flexibility index (Phi) is 7.36. The molecule has 1 amide bonds. The lowest BCUT2D eigenvalue weighted by molar-refractivity contribution is -0.137. The molecule has 0 heterocycles. The maximum absolute atomic E-state index is 12.8. The van der Waals surface area contributed by atoms with Gasteiger partial charge in [-0.25, -0.2) is 0 Å². The van der Waals surface area contributed by atoms with Crippen molar-refractivity contribution in [3.8, 4) is 0 Å². The molecule has 0 bridgehead atoms. The van der Waals surface area contributed by atoms with Gasteiger partial charge in [0.25, 0.3) is 5.91 Å². The van der Waals surface area contributed by atoms with Gasteiger partial charge >= 0.3 is 6.18 Å². The van der Waals surface area contributed by atoms with E-state index >= 15 is 0 Å². The number of rotatable bonds is 6. The molecule has 28 heavy (non-hydrogen) atoms. The second kappa shape index (κ2) is 9.52. The summed E-state index contributed by atoms with van der Waals surface area (Å²) in [5.74, 6) is -0.519. The molecule has 2 aromatic rings. The van der Waals surface area contributed by atoms with Crippen LogP contribution in [0.1, 0.15) is 15.9 Å². The van der Waals surface area contributed by atoms with Crippen molar-refractivity contribution < 1.29 is 18.0 Å². The summed E-state index contributed by atoms with van der Waals surface area (Å²) in [4.78, 5) is 14.4. The normalized spacial score (nSPS) is 11.2. The summed E-state index contributed by atoms with van der Waals surface area (Å²) in [6, 6.07) is 11.0. The van der Waals surface area contributed by atoms with Crippen molar-refractivity contribution in [2.45, 2.75) is 6.18 Å². The van der Waals surface area contributed by atoms with Crippen LogP contribution in [0.3, 0.4) is 0 Å². The quantitative estimate of drug-likeness (QED) is 0.633. The molecule has 0 aliphatic rings. The highest BCUT2D eigenvalue weighted by molar-refractivity contribution is 7.80. The molecule has 3 N–H and O–H groups in total. The number of anilines is 2. The second-order valence-electron chi connectivity index (χ2n) is 6.30. The van der Waals surface area contributed by atoms with Crippen molar-refractivity contribution in [2.75, 3.05) is 37.8 Å². The van der Waals surface area contributed by atoms with E-state index in [9.17, 15) is 18.0 Å². The number of benzene rings is 2. The van der Waals surface area contributed by atoms with Crippen molar-refractivity contribution in [3.63, 3.8) is 0 Å². The molecule has 150 valence electrons. The van der Waals surface area contributed by atoms with E-state index in [1.54, 1.807) is 24.3 Å². The SMILES string of the molecule is CN(C)CCNC(=S)Nc1cccc(C(=O)Nc2cccc(C(F)(F)F)c2)c1. The Balaban J connectivity index is 2.01. The molecule has 0 aromatic heterocycles. The Morgan fingerprint density at radius 2 is 1.68 bits per heavy atom. The van der Waals surface area contributed by atoms with E-state index in [0.29, 0.717) is 22.9 Å². The van der Waals surface area contributed by atoms with Gasteiger partial charge in [0.2, 0.25) is 0 Å². The number of carbonyl (C=O) groups excluding carboxylic acids is 1. The first kappa shape index (κ1) is 21.6. The summed E-state index contributed by atoms with van der Waals surface area (Å²) < 4.78 is 38.4. The molecule has 2 aromatic carbocycles. The minimum Gasteiger partial charge on any atom is -0.361 e. The Labute approximate surface area is 166 Å². The van der Waals surface area contributed by atoms with Crippen LogP contribution < -0.4 is 16.0 Å². The highest BCUT2D eigenvalue weighted by Gasteiger charge is 2.30. The van der Waals surface area contributed by atoms with E-state index in [1.165, 1.54) is 12.1 Å². The van der Waals surface area contributed by atoms with Crippen LogP contribution in [0.2, 0.25) is 0 Å². The third-order valence-corrected chi connectivity index (χ3v) is 3.92. The Bertz CT molecular complexity index is 840. The van der Waals surface area contributed by atoms with E-state index < -0.39 is 17.6 Å². The number of thiocarbonyl (C=S) groups is 1. The van der Waals surface area contributed by atoms with E-state index in [-0.39, 0.29) is 5.69 Å². The first-order valence-corrected chi connectivity index (χ1v) is 8.84. The van der Waals surface area contributed by atoms with Crippen LogP contribution in [-0.4, -0.2) is 43.1 Å². The maximum Gasteiger partial charge on any atom is 0.416 e. The van der Waals surface area contributed by atoms with E-state index in [1.807, 2.05) is 19.0 Å². The van der Waals surface area contributed by atoms with E-state index in [0.717, 1.165) is 18.7 Å². The van der Waals surface area contributed by atoms with Gasteiger partial charge in [-0.15, -0.1) is 0 Å². The van der Waals surface area contributed by atoms with Crippen LogP contribution in [0.25, 0.3) is 0 Å². The lowest BCUT2D eigenvalue weighted by Gasteiger charge is -2.14. The van der Waals surface area contributed by atoms with Crippen LogP contribution >= 0.6 is 12.2 Å². The number of nitrogens with zero attached hydrogens (tertiary/aromatic N) is 1. The largest absolute Gasteiger partial charge is 0.416 e. The van der Waals surface area contributed by atoms with Crippen molar-refractivity contribution >= 4 is 34.6 Å². The third kappa shape index (κ3) is 6.82. The zero-order valence-corrected chi connectivity index (χ0v) is 16.2. The van der Waals surface area contributed by atoms with Gasteiger partial charge in [0.05, 0.1) is 5.56 Å². The van der Waals surface area contributed by atoms with E-state index in [4.69, 9.17) is 12.2 Å². The molecule has 0 radical (unpaired) electrons. The molecule has 0 atom stereocenters. The third-order valence-electron chi connectivity index (χ3n) is 3.67. The maximum atomic E-state index is 12.8. The number of alkyl halides is 3. The molecule has 9 heteroatoms. The summed E-state index contributed by atoms with van der Waals surface area (Å²) in [5, 5.41) is 8.91. The Hall–Kier alpha value is -2.65. The second-order valence-corrected chi connectivity index (χ2v) is 6.71. The van der Waals surface area contributed by atoms with Crippen LogP contribution in [0.4, 0.5) is 24.5 Å². The van der Waals surface area contributed by atoms with Crippen molar-refractivity contribution in [3.05, 3.63) is 59.7 Å². The number of likely N-dealkylation sites (N-methyl/N-ethyl adjacent to an activating group) is 1. The highest BCUT2D eigenvalue weighted by Crippen LogP contribution is 2.30. The van der Waals surface area contributed by atoms with Crippen LogP contribution in [0.15, 0.2) is 48.5 Å². The minimum atomic E-state index is -4.47. The highest BCUT2D eigenvalue weighted by atomic mass is 32.1. The number of hydrogen-bond donors (Lipinski definition) is 3. The Morgan fingerprint density at radius 1 is 1.04 bits per heavy atom. The van der Waals surface area contributed by atoms with E-state index in [2.05, 4.69) is 16.0 Å². The zero-order valence-electron chi connectivity index (χ0n) is 15.4. The number of hydrogen-bond acceptors (Lipinski definition) is 3. The predicted molar refractivity (Wildman–Crippen MR) is 109 cm³/mol. The van der Waals surface area contributed by atoms with Crippen LogP contribution in [-0.2, 0) is 6.18 Å². The van der Waals surface area contributed by atoms with Crippen molar-refractivity contribution in [2.24, 2.45) is 0 Å². The molecule has 0 fully saturated rings. The number of amides is 1. The zero-order chi connectivity index (χ0) is 20.7. The summed E-state index contributed by atoms with van der Waals surface area (Å²) in [6.45, 7) is 1.47. The number of carbonyl (C=O) groups is 1. The molecule has 0 saturated carbocycles.